The zero-order valence-corrected chi connectivity index (χ0v) is 9.42. The van der Waals surface area contributed by atoms with Crippen LogP contribution < -0.4 is 10.6 Å². The summed E-state index contributed by atoms with van der Waals surface area (Å²) in [7, 11) is 0. The number of carbonyl (C=O) groups excluding carboxylic acids is 1. The number of morpholine rings is 1. The van der Waals surface area contributed by atoms with Crippen molar-refractivity contribution in [2.45, 2.75) is 6.92 Å². The number of nitrogens with one attached hydrogen (secondary N) is 2. The quantitative estimate of drug-likeness (QED) is 0.599. The summed E-state index contributed by atoms with van der Waals surface area (Å²) in [5.41, 5.74) is 0. The molecule has 0 spiro atoms. The molecular weight excluding hydrogens is 194 g/mol. The lowest BCUT2D eigenvalue weighted by Crippen LogP contribution is -2.42. The van der Waals surface area contributed by atoms with Gasteiger partial charge < -0.3 is 15.4 Å². The molecule has 1 aliphatic rings. The maximum absolute atomic E-state index is 11.2. The maximum atomic E-state index is 11.2. The molecule has 1 saturated heterocycles. The lowest BCUT2D eigenvalue weighted by atomic mass is 10.4. The van der Waals surface area contributed by atoms with E-state index in [1.165, 1.54) is 0 Å². The van der Waals surface area contributed by atoms with Gasteiger partial charge >= 0.3 is 0 Å². The van der Waals surface area contributed by atoms with Gasteiger partial charge in [-0.3, -0.25) is 9.69 Å². The lowest BCUT2D eigenvalue weighted by molar-refractivity contribution is -0.120. The summed E-state index contributed by atoms with van der Waals surface area (Å²) in [6, 6.07) is 0. The maximum Gasteiger partial charge on any atom is 0.234 e. The smallest absolute Gasteiger partial charge is 0.234 e. The minimum absolute atomic E-state index is 0.0742. The van der Waals surface area contributed by atoms with E-state index in [1.807, 2.05) is 6.92 Å². The molecule has 0 aromatic rings. The highest BCUT2D eigenvalue weighted by Crippen LogP contribution is 1.94. The first-order chi connectivity index (χ1) is 7.33. The summed E-state index contributed by atoms with van der Waals surface area (Å²) in [5, 5.41) is 5.87. The van der Waals surface area contributed by atoms with Crippen LogP contribution in [0, 0.1) is 0 Å². The van der Waals surface area contributed by atoms with Crippen molar-refractivity contribution in [1.82, 2.24) is 15.5 Å². The minimum atomic E-state index is 0.0742. The largest absolute Gasteiger partial charge is 0.379 e. The number of nitrogens with zero attached hydrogens (tertiary/aromatic N) is 1. The first-order valence-corrected chi connectivity index (χ1v) is 5.60. The third kappa shape index (κ3) is 5.71. The molecule has 1 rings (SSSR count). The fourth-order valence-electron chi connectivity index (χ4n) is 1.48. The number of rotatable bonds is 6. The van der Waals surface area contributed by atoms with Crippen molar-refractivity contribution in [3.05, 3.63) is 0 Å². The van der Waals surface area contributed by atoms with Gasteiger partial charge in [-0.05, 0) is 6.54 Å². The highest BCUT2D eigenvalue weighted by atomic mass is 16.5. The van der Waals surface area contributed by atoms with Crippen molar-refractivity contribution in [3.63, 3.8) is 0 Å². The number of likely N-dealkylation sites (N-methyl/N-ethyl adjacent to an activating group) is 1. The van der Waals surface area contributed by atoms with Crippen LogP contribution in [0.4, 0.5) is 0 Å². The summed E-state index contributed by atoms with van der Waals surface area (Å²) in [5.74, 6) is 0.0742. The topological polar surface area (TPSA) is 53.6 Å². The van der Waals surface area contributed by atoms with Gasteiger partial charge in [0.1, 0.15) is 0 Å². The fraction of sp³-hybridized carbons (Fsp3) is 0.900. The van der Waals surface area contributed by atoms with Gasteiger partial charge in [-0.2, -0.15) is 0 Å². The Morgan fingerprint density at radius 1 is 1.40 bits per heavy atom. The molecule has 0 aromatic carbocycles. The normalized spacial score (nSPS) is 17.7. The molecule has 0 bridgehead atoms. The molecule has 88 valence electrons. The molecule has 0 radical (unpaired) electrons. The van der Waals surface area contributed by atoms with E-state index in [0.717, 1.165) is 45.9 Å². The molecule has 0 atom stereocenters. The van der Waals surface area contributed by atoms with Crippen molar-refractivity contribution in [3.8, 4) is 0 Å². The molecule has 1 heterocycles. The van der Waals surface area contributed by atoms with Crippen LogP contribution in [0.2, 0.25) is 0 Å². The van der Waals surface area contributed by atoms with Crippen molar-refractivity contribution in [2.24, 2.45) is 0 Å². The zero-order chi connectivity index (χ0) is 10.9. The Morgan fingerprint density at radius 2 is 2.13 bits per heavy atom. The van der Waals surface area contributed by atoms with E-state index in [9.17, 15) is 4.79 Å². The number of hydrogen-bond donors (Lipinski definition) is 2. The third-order valence-electron chi connectivity index (χ3n) is 2.39. The summed E-state index contributed by atoms with van der Waals surface area (Å²) >= 11 is 0. The molecule has 1 fully saturated rings. The Kier molecular flexibility index (Phi) is 6.31. The third-order valence-corrected chi connectivity index (χ3v) is 2.39. The molecule has 5 heteroatoms. The van der Waals surface area contributed by atoms with Gasteiger partial charge in [0.2, 0.25) is 5.91 Å². The molecule has 1 amide bonds. The van der Waals surface area contributed by atoms with Gasteiger partial charge in [0.05, 0.1) is 19.8 Å². The Morgan fingerprint density at radius 3 is 2.80 bits per heavy atom. The second kappa shape index (κ2) is 7.62. The summed E-state index contributed by atoms with van der Waals surface area (Å²) in [6.07, 6.45) is 0. The average molecular weight is 215 g/mol. The molecule has 15 heavy (non-hydrogen) atoms. The monoisotopic (exact) mass is 215 g/mol. The Balaban J connectivity index is 1.97. The number of ether oxygens (including phenoxy) is 1. The Bertz CT molecular complexity index is 182. The van der Waals surface area contributed by atoms with Crippen molar-refractivity contribution in [1.29, 1.82) is 0 Å². The SMILES string of the molecule is CCNCC(=O)NCCN1CCOCC1. The van der Waals surface area contributed by atoms with Crippen LogP contribution in [0.15, 0.2) is 0 Å². The number of amides is 1. The van der Waals surface area contributed by atoms with E-state index in [1.54, 1.807) is 0 Å². The Hall–Kier alpha value is -0.650. The number of hydrogen-bond acceptors (Lipinski definition) is 4. The first-order valence-electron chi connectivity index (χ1n) is 5.60. The van der Waals surface area contributed by atoms with E-state index in [2.05, 4.69) is 15.5 Å². The van der Waals surface area contributed by atoms with Gasteiger partial charge in [0, 0.05) is 26.2 Å². The van der Waals surface area contributed by atoms with E-state index in [0.29, 0.717) is 6.54 Å². The molecule has 1 aliphatic heterocycles. The second-order valence-electron chi connectivity index (χ2n) is 3.58. The van der Waals surface area contributed by atoms with Crippen molar-refractivity contribution >= 4 is 5.91 Å². The minimum Gasteiger partial charge on any atom is -0.379 e. The lowest BCUT2D eigenvalue weighted by Gasteiger charge is -2.26. The van der Waals surface area contributed by atoms with E-state index in [4.69, 9.17) is 4.74 Å². The summed E-state index contributed by atoms with van der Waals surface area (Å²) in [4.78, 5) is 13.5. The molecule has 0 aromatic heterocycles. The Labute approximate surface area is 91.2 Å². The van der Waals surface area contributed by atoms with Crippen LogP contribution >= 0.6 is 0 Å². The van der Waals surface area contributed by atoms with Gasteiger partial charge in [-0.1, -0.05) is 6.92 Å². The molecule has 0 saturated carbocycles. The van der Waals surface area contributed by atoms with Gasteiger partial charge in [-0.25, -0.2) is 0 Å². The van der Waals surface area contributed by atoms with E-state index >= 15 is 0 Å². The van der Waals surface area contributed by atoms with E-state index in [-0.39, 0.29) is 5.91 Å². The summed E-state index contributed by atoms with van der Waals surface area (Å²) in [6.45, 7) is 8.45. The molecule has 0 unspecified atom stereocenters. The second-order valence-corrected chi connectivity index (χ2v) is 3.58. The van der Waals surface area contributed by atoms with E-state index < -0.39 is 0 Å². The first kappa shape index (κ1) is 12.4. The van der Waals surface area contributed by atoms with Gasteiger partial charge in [-0.15, -0.1) is 0 Å². The van der Waals surface area contributed by atoms with Gasteiger partial charge in [0.15, 0.2) is 0 Å². The molecule has 5 nitrogen and oxygen atoms in total. The van der Waals surface area contributed by atoms with Crippen LogP contribution in [0.1, 0.15) is 6.92 Å². The van der Waals surface area contributed by atoms with Crippen molar-refractivity contribution < 1.29 is 9.53 Å². The van der Waals surface area contributed by atoms with Crippen LogP contribution in [0.3, 0.4) is 0 Å². The van der Waals surface area contributed by atoms with Crippen LogP contribution in [0.5, 0.6) is 0 Å². The number of carbonyl (C=O) groups is 1. The highest BCUT2D eigenvalue weighted by Gasteiger charge is 2.09. The predicted molar refractivity (Wildman–Crippen MR) is 58.8 cm³/mol. The summed E-state index contributed by atoms with van der Waals surface area (Å²) < 4.78 is 5.24. The van der Waals surface area contributed by atoms with Crippen LogP contribution in [-0.4, -0.2) is 63.3 Å². The van der Waals surface area contributed by atoms with Crippen molar-refractivity contribution in [2.75, 3.05) is 52.5 Å². The molecular formula is C10H21N3O2. The zero-order valence-electron chi connectivity index (χ0n) is 9.42. The van der Waals surface area contributed by atoms with Crippen LogP contribution in [0.25, 0.3) is 0 Å². The fourth-order valence-corrected chi connectivity index (χ4v) is 1.48. The van der Waals surface area contributed by atoms with Gasteiger partial charge in [0.25, 0.3) is 0 Å². The molecule has 0 aliphatic carbocycles. The molecule has 2 N–H and O–H groups in total. The predicted octanol–water partition coefficient (Wildman–Crippen LogP) is -0.956. The standard InChI is InChI=1S/C10H21N3O2/c1-2-11-9-10(14)12-3-4-13-5-7-15-8-6-13/h11H,2-9H2,1H3,(H,12,14). The van der Waals surface area contributed by atoms with Crippen LogP contribution in [-0.2, 0) is 9.53 Å². The average Bonchev–Trinajstić information content (AvgIpc) is 2.28. The highest BCUT2D eigenvalue weighted by molar-refractivity contribution is 5.77.